The molecule has 0 fully saturated rings. The number of rotatable bonds is 1. The molecule has 0 radical (unpaired) electrons. The normalized spacial score (nSPS) is 10.4. The highest BCUT2D eigenvalue weighted by molar-refractivity contribution is 5.70. The van der Waals surface area contributed by atoms with Crippen molar-refractivity contribution in [3.8, 4) is 11.1 Å². The second-order valence-electron chi connectivity index (χ2n) is 2.84. The lowest BCUT2D eigenvalue weighted by atomic mass is 10.1. The van der Waals surface area contributed by atoms with Gasteiger partial charge in [0.2, 0.25) is 0 Å². The molecule has 0 aromatic heterocycles. The van der Waals surface area contributed by atoms with Crippen LogP contribution in [0.3, 0.4) is 0 Å². The van der Waals surface area contributed by atoms with Crippen molar-refractivity contribution in [2.45, 2.75) is 6.54 Å². The molecular formula is C11H11N. The van der Waals surface area contributed by atoms with Crippen molar-refractivity contribution in [2.75, 3.05) is 0 Å². The quantitative estimate of drug-likeness (QED) is 0.675. The van der Waals surface area contributed by atoms with Gasteiger partial charge in [0.15, 0.2) is 0 Å². The summed E-state index contributed by atoms with van der Waals surface area (Å²) in [6.45, 7) is 0.619. The van der Waals surface area contributed by atoms with Gasteiger partial charge in [0.25, 0.3) is 0 Å². The van der Waals surface area contributed by atoms with E-state index < -0.39 is 0 Å². The topological polar surface area (TPSA) is 26.0 Å². The van der Waals surface area contributed by atoms with Gasteiger partial charge in [0, 0.05) is 6.54 Å². The molecule has 0 aliphatic heterocycles. The molecule has 0 amide bonds. The number of fused-ring (bicyclic) bond motifs is 1. The van der Waals surface area contributed by atoms with E-state index in [0.29, 0.717) is 6.54 Å². The van der Waals surface area contributed by atoms with Crippen LogP contribution in [0.4, 0.5) is 0 Å². The Kier molecular flexibility index (Phi) is 1.80. The fourth-order valence-corrected chi connectivity index (χ4v) is 1.46. The summed E-state index contributed by atoms with van der Waals surface area (Å²) < 4.78 is 0. The molecule has 0 bridgehead atoms. The van der Waals surface area contributed by atoms with E-state index in [0.717, 1.165) is 0 Å². The van der Waals surface area contributed by atoms with Gasteiger partial charge < -0.3 is 5.73 Å². The van der Waals surface area contributed by atoms with Crippen molar-refractivity contribution >= 4 is 0 Å². The molecule has 1 heteroatoms. The van der Waals surface area contributed by atoms with Crippen LogP contribution in [0.15, 0.2) is 42.5 Å². The largest absolute Gasteiger partial charge is 0.326 e. The third kappa shape index (κ3) is 1.08. The Morgan fingerprint density at radius 2 is 1.75 bits per heavy atom. The molecule has 2 rings (SSSR count). The maximum Gasteiger partial charge on any atom is 0.0184 e. The van der Waals surface area contributed by atoms with Gasteiger partial charge in [-0.3, -0.25) is 0 Å². The molecule has 0 heterocycles. The fourth-order valence-electron chi connectivity index (χ4n) is 1.46. The van der Waals surface area contributed by atoms with Crippen LogP contribution in [0.25, 0.3) is 11.1 Å². The summed E-state index contributed by atoms with van der Waals surface area (Å²) in [6.07, 6.45) is 0. The van der Waals surface area contributed by atoms with E-state index in [2.05, 4.69) is 24.3 Å². The van der Waals surface area contributed by atoms with Gasteiger partial charge in [0.1, 0.15) is 0 Å². The van der Waals surface area contributed by atoms with E-state index in [1.165, 1.54) is 16.7 Å². The molecular weight excluding hydrogens is 146 g/mol. The van der Waals surface area contributed by atoms with Crippen LogP contribution in [0.5, 0.6) is 0 Å². The molecule has 60 valence electrons. The minimum Gasteiger partial charge on any atom is -0.326 e. The van der Waals surface area contributed by atoms with Crippen molar-refractivity contribution in [2.24, 2.45) is 5.73 Å². The highest BCUT2D eigenvalue weighted by Gasteiger charge is 2.04. The minimum absolute atomic E-state index is 0.619. The standard InChI is InChI=1S/C11H11N/c12-8-10-7-6-9-4-2-1-3-5-11(9)10/h1-7H,8,12H2. The molecule has 0 aromatic carbocycles. The second kappa shape index (κ2) is 2.95. The highest BCUT2D eigenvalue weighted by Crippen LogP contribution is 2.25. The molecule has 12 heavy (non-hydrogen) atoms. The van der Waals surface area contributed by atoms with E-state index in [1.54, 1.807) is 0 Å². The van der Waals surface area contributed by atoms with Crippen LogP contribution in [0.2, 0.25) is 0 Å². The van der Waals surface area contributed by atoms with E-state index >= 15 is 0 Å². The average molecular weight is 157 g/mol. The number of hydrogen-bond donors (Lipinski definition) is 1. The van der Waals surface area contributed by atoms with Crippen molar-refractivity contribution < 1.29 is 0 Å². The first-order valence-corrected chi connectivity index (χ1v) is 4.08. The van der Waals surface area contributed by atoms with Crippen molar-refractivity contribution in [3.63, 3.8) is 0 Å². The second-order valence-corrected chi connectivity index (χ2v) is 2.84. The van der Waals surface area contributed by atoms with Gasteiger partial charge >= 0.3 is 0 Å². The van der Waals surface area contributed by atoms with Gasteiger partial charge in [-0.05, 0) is 16.7 Å². The summed E-state index contributed by atoms with van der Waals surface area (Å²) >= 11 is 0. The van der Waals surface area contributed by atoms with Crippen molar-refractivity contribution in [3.05, 3.63) is 48.0 Å². The Bertz CT molecular complexity index is 354. The van der Waals surface area contributed by atoms with Crippen LogP contribution in [0.1, 0.15) is 5.56 Å². The third-order valence-corrected chi connectivity index (χ3v) is 2.10. The summed E-state index contributed by atoms with van der Waals surface area (Å²) in [5, 5.41) is 0. The van der Waals surface area contributed by atoms with Gasteiger partial charge in [0.05, 0.1) is 0 Å². The van der Waals surface area contributed by atoms with E-state index in [-0.39, 0.29) is 0 Å². The van der Waals surface area contributed by atoms with Crippen LogP contribution >= 0.6 is 0 Å². The summed E-state index contributed by atoms with van der Waals surface area (Å²) in [5.41, 5.74) is 9.36. The smallest absolute Gasteiger partial charge is 0.0184 e. The zero-order chi connectivity index (χ0) is 8.39. The van der Waals surface area contributed by atoms with Gasteiger partial charge in [-0.2, -0.15) is 0 Å². The van der Waals surface area contributed by atoms with E-state index in [4.69, 9.17) is 5.73 Å². The number of hydrogen-bond acceptors (Lipinski definition) is 1. The molecule has 0 aromatic rings. The molecule has 0 saturated carbocycles. The molecule has 0 saturated heterocycles. The Labute approximate surface area is 72.2 Å². The predicted octanol–water partition coefficient (Wildman–Crippen LogP) is 2.25. The van der Waals surface area contributed by atoms with Crippen LogP contribution in [0, 0.1) is 0 Å². The first kappa shape index (κ1) is 7.32. The Hall–Kier alpha value is -1.34. The van der Waals surface area contributed by atoms with Gasteiger partial charge in [-0.1, -0.05) is 42.5 Å². The Morgan fingerprint density at radius 1 is 0.917 bits per heavy atom. The van der Waals surface area contributed by atoms with Crippen LogP contribution in [-0.4, -0.2) is 0 Å². The maximum atomic E-state index is 5.60. The lowest BCUT2D eigenvalue weighted by Gasteiger charge is -1.95. The fraction of sp³-hybridized carbons (Fsp3) is 0.0909. The lowest BCUT2D eigenvalue weighted by molar-refractivity contribution is 1.08. The molecule has 2 aliphatic rings. The monoisotopic (exact) mass is 157 g/mol. The Balaban J connectivity index is 2.64. The van der Waals surface area contributed by atoms with E-state index in [1.807, 2.05) is 18.2 Å². The molecule has 2 N–H and O–H groups in total. The summed E-state index contributed by atoms with van der Waals surface area (Å²) in [7, 11) is 0. The number of nitrogens with two attached hydrogens (primary N) is 1. The Morgan fingerprint density at radius 3 is 2.58 bits per heavy atom. The molecule has 2 aliphatic carbocycles. The SMILES string of the molecule is NCc1ccc2cccccc1-2. The maximum absolute atomic E-state index is 5.60. The lowest BCUT2D eigenvalue weighted by Crippen LogP contribution is -1.94. The van der Waals surface area contributed by atoms with E-state index in [9.17, 15) is 0 Å². The third-order valence-electron chi connectivity index (χ3n) is 2.10. The zero-order valence-corrected chi connectivity index (χ0v) is 6.83. The summed E-state index contributed by atoms with van der Waals surface area (Å²) in [4.78, 5) is 0. The highest BCUT2D eigenvalue weighted by atomic mass is 14.5. The zero-order valence-electron chi connectivity index (χ0n) is 6.83. The van der Waals surface area contributed by atoms with Gasteiger partial charge in [-0.25, -0.2) is 0 Å². The molecule has 0 atom stereocenters. The molecule has 0 spiro atoms. The minimum atomic E-state index is 0.619. The van der Waals surface area contributed by atoms with Crippen LogP contribution < -0.4 is 5.73 Å². The first-order valence-electron chi connectivity index (χ1n) is 4.08. The van der Waals surface area contributed by atoms with Crippen molar-refractivity contribution in [1.82, 2.24) is 0 Å². The van der Waals surface area contributed by atoms with Crippen LogP contribution in [-0.2, 0) is 6.54 Å². The average Bonchev–Trinajstić information content (AvgIpc) is 2.33. The predicted molar refractivity (Wildman–Crippen MR) is 51.0 cm³/mol. The summed E-state index contributed by atoms with van der Waals surface area (Å²) in [6, 6.07) is 14.5. The van der Waals surface area contributed by atoms with Gasteiger partial charge in [-0.15, -0.1) is 0 Å². The molecule has 0 unspecified atom stereocenters. The summed E-state index contributed by atoms with van der Waals surface area (Å²) in [5.74, 6) is 0. The van der Waals surface area contributed by atoms with Crippen molar-refractivity contribution in [1.29, 1.82) is 0 Å². The first-order chi connectivity index (χ1) is 5.92. The molecule has 1 nitrogen and oxygen atoms in total.